The predicted octanol–water partition coefficient (Wildman–Crippen LogP) is 2.71. The van der Waals surface area contributed by atoms with Gasteiger partial charge in [0.15, 0.2) is 0 Å². The Morgan fingerprint density at radius 2 is 2.08 bits per heavy atom. The number of carbonyl (C=O) groups excluding carboxylic acids is 1. The Hall–Kier alpha value is -0.570. The summed E-state index contributed by atoms with van der Waals surface area (Å²) in [7, 11) is 0. The molecule has 1 aromatic rings. The van der Waals surface area contributed by atoms with Crippen molar-refractivity contribution in [3.63, 3.8) is 0 Å². The molecule has 0 spiro atoms. The van der Waals surface area contributed by atoms with Crippen LogP contribution in [0.4, 0.5) is 0 Å². The minimum atomic E-state index is 0.0975. The van der Waals surface area contributed by atoms with Crippen LogP contribution in [0.2, 0.25) is 10.0 Å². The monoisotopic (exact) mass is 218 g/mol. The number of benzene rings is 1. The van der Waals surface area contributed by atoms with Crippen LogP contribution in [-0.4, -0.2) is 12.9 Å². The number of aldehydes is 1. The zero-order chi connectivity index (χ0) is 9.68. The van der Waals surface area contributed by atoms with Crippen molar-refractivity contribution in [2.24, 2.45) is 0 Å². The van der Waals surface area contributed by atoms with E-state index in [9.17, 15) is 4.79 Å². The normalized spacial score (nSPS) is 10.0. The lowest BCUT2D eigenvalue weighted by Gasteiger charge is -2.02. The van der Waals surface area contributed by atoms with Crippen LogP contribution in [0, 0.1) is 0 Å². The Balaban J connectivity index is 2.57. The fourth-order valence-corrected chi connectivity index (χ4v) is 1.17. The van der Waals surface area contributed by atoms with Gasteiger partial charge in [-0.3, -0.25) is 0 Å². The van der Waals surface area contributed by atoms with Crippen LogP contribution in [0.15, 0.2) is 18.2 Å². The summed E-state index contributed by atoms with van der Waals surface area (Å²) in [4.78, 5) is 9.94. The SMILES string of the molecule is O=CCOCc1ccc(Cl)c(Cl)c1. The van der Waals surface area contributed by atoms with Crippen molar-refractivity contribution < 1.29 is 9.53 Å². The molecule has 0 saturated carbocycles. The van der Waals surface area contributed by atoms with E-state index in [2.05, 4.69) is 0 Å². The van der Waals surface area contributed by atoms with E-state index in [-0.39, 0.29) is 6.61 Å². The topological polar surface area (TPSA) is 26.3 Å². The van der Waals surface area contributed by atoms with Gasteiger partial charge in [-0.25, -0.2) is 0 Å². The van der Waals surface area contributed by atoms with Crippen LogP contribution >= 0.6 is 23.2 Å². The third-order valence-corrected chi connectivity index (χ3v) is 2.18. The standard InChI is InChI=1S/C9H8Cl2O2/c10-8-2-1-7(5-9(8)11)6-13-4-3-12/h1-3,5H,4,6H2. The highest BCUT2D eigenvalue weighted by Gasteiger charge is 1.98. The summed E-state index contributed by atoms with van der Waals surface area (Å²) < 4.78 is 4.99. The maximum atomic E-state index is 9.94. The smallest absolute Gasteiger partial charge is 0.145 e. The van der Waals surface area contributed by atoms with E-state index in [4.69, 9.17) is 27.9 Å². The van der Waals surface area contributed by atoms with E-state index in [0.717, 1.165) is 5.56 Å². The highest BCUT2D eigenvalue weighted by atomic mass is 35.5. The molecular formula is C9H8Cl2O2. The fraction of sp³-hybridized carbons (Fsp3) is 0.222. The molecule has 2 nitrogen and oxygen atoms in total. The van der Waals surface area contributed by atoms with Crippen LogP contribution in [0.25, 0.3) is 0 Å². The lowest BCUT2D eigenvalue weighted by Crippen LogP contribution is -1.95. The molecular weight excluding hydrogens is 211 g/mol. The Kier molecular flexibility index (Phi) is 4.22. The average molecular weight is 219 g/mol. The molecule has 1 aromatic carbocycles. The van der Waals surface area contributed by atoms with Crippen LogP contribution in [0.3, 0.4) is 0 Å². The van der Waals surface area contributed by atoms with Crippen molar-refractivity contribution in [2.75, 3.05) is 6.61 Å². The maximum Gasteiger partial charge on any atom is 0.145 e. The van der Waals surface area contributed by atoms with Crippen molar-refractivity contribution in [1.29, 1.82) is 0 Å². The average Bonchev–Trinajstić information content (AvgIpc) is 2.12. The molecule has 0 unspecified atom stereocenters. The number of hydrogen-bond donors (Lipinski definition) is 0. The predicted molar refractivity (Wildman–Crippen MR) is 52.2 cm³/mol. The first-order valence-electron chi connectivity index (χ1n) is 3.69. The highest BCUT2D eigenvalue weighted by molar-refractivity contribution is 6.41. The molecule has 0 aliphatic carbocycles. The molecule has 0 radical (unpaired) electrons. The van der Waals surface area contributed by atoms with E-state index in [1.807, 2.05) is 0 Å². The molecule has 13 heavy (non-hydrogen) atoms. The summed E-state index contributed by atoms with van der Waals surface area (Å²) in [5.41, 5.74) is 0.899. The molecule has 0 aliphatic rings. The minimum Gasteiger partial charge on any atom is -0.369 e. The quantitative estimate of drug-likeness (QED) is 0.574. The van der Waals surface area contributed by atoms with Gasteiger partial charge in [-0.05, 0) is 17.7 Å². The molecule has 0 bridgehead atoms. The van der Waals surface area contributed by atoms with Crippen LogP contribution in [0.1, 0.15) is 5.56 Å². The van der Waals surface area contributed by atoms with Gasteiger partial charge in [0.25, 0.3) is 0 Å². The summed E-state index contributed by atoms with van der Waals surface area (Å²) in [6.07, 6.45) is 0.706. The van der Waals surface area contributed by atoms with E-state index >= 15 is 0 Å². The van der Waals surface area contributed by atoms with Crippen LogP contribution < -0.4 is 0 Å². The largest absolute Gasteiger partial charge is 0.369 e. The first kappa shape index (κ1) is 10.5. The number of carbonyl (C=O) groups is 1. The van der Waals surface area contributed by atoms with Crippen molar-refractivity contribution in [3.8, 4) is 0 Å². The zero-order valence-electron chi connectivity index (χ0n) is 6.80. The molecule has 0 fully saturated rings. The maximum absolute atomic E-state index is 9.94. The number of halogens is 2. The molecule has 70 valence electrons. The van der Waals surface area contributed by atoms with Gasteiger partial charge >= 0.3 is 0 Å². The second-order valence-electron chi connectivity index (χ2n) is 2.43. The third-order valence-electron chi connectivity index (χ3n) is 1.44. The van der Waals surface area contributed by atoms with E-state index < -0.39 is 0 Å². The first-order valence-corrected chi connectivity index (χ1v) is 4.45. The number of rotatable bonds is 4. The van der Waals surface area contributed by atoms with Gasteiger partial charge in [0.1, 0.15) is 12.9 Å². The molecule has 0 atom stereocenters. The molecule has 0 aliphatic heterocycles. The molecule has 0 N–H and O–H groups in total. The summed E-state index contributed by atoms with van der Waals surface area (Å²) in [6, 6.07) is 5.22. The van der Waals surface area contributed by atoms with Gasteiger partial charge in [0.2, 0.25) is 0 Å². The third kappa shape index (κ3) is 3.35. The van der Waals surface area contributed by atoms with Crippen LogP contribution in [0.5, 0.6) is 0 Å². The van der Waals surface area contributed by atoms with Crippen molar-refractivity contribution in [3.05, 3.63) is 33.8 Å². The van der Waals surface area contributed by atoms with Crippen LogP contribution in [-0.2, 0) is 16.1 Å². The zero-order valence-corrected chi connectivity index (χ0v) is 8.31. The summed E-state index contributed by atoms with van der Waals surface area (Å²) in [6.45, 7) is 0.468. The van der Waals surface area contributed by atoms with Crippen molar-refractivity contribution in [1.82, 2.24) is 0 Å². The minimum absolute atomic E-state index is 0.0975. The lowest BCUT2D eigenvalue weighted by atomic mass is 10.2. The van der Waals surface area contributed by atoms with Gasteiger partial charge in [0.05, 0.1) is 16.7 Å². The molecule has 4 heteroatoms. The summed E-state index contributed by atoms with van der Waals surface area (Å²) in [5.74, 6) is 0. The first-order chi connectivity index (χ1) is 6.24. The van der Waals surface area contributed by atoms with Crippen molar-refractivity contribution in [2.45, 2.75) is 6.61 Å². The van der Waals surface area contributed by atoms with E-state index in [1.165, 1.54) is 0 Å². The van der Waals surface area contributed by atoms with Gasteiger partial charge in [-0.15, -0.1) is 0 Å². The second kappa shape index (κ2) is 5.22. The molecule has 0 aromatic heterocycles. The molecule has 0 heterocycles. The van der Waals surface area contributed by atoms with Gasteiger partial charge in [0, 0.05) is 0 Å². The lowest BCUT2D eigenvalue weighted by molar-refractivity contribution is -0.112. The Labute approximate surface area is 86.4 Å². The van der Waals surface area contributed by atoms with Crippen molar-refractivity contribution >= 4 is 29.5 Å². The van der Waals surface area contributed by atoms with Gasteiger partial charge < -0.3 is 9.53 Å². The molecule has 0 saturated heterocycles. The van der Waals surface area contributed by atoms with E-state index in [1.54, 1.807) is 18.2 Å². The highest BCUT2D eigenvalue weighted by Crippen LogP contribution is 2.22. The summed E-state index contributed by atoms with van der Waals surface area (Å²) in [5, 5.41) is 1.01. The Morgan fingerprint density at radius 1 is 1.31 bits per heavy atom. The number of hydrogen-bond acceptors (Lipinski definition) is 2. The van der Waals surface area contributed by atoms with E-state index in [0.29, 0.717) is 22.9 Å². The van der Waals surface area contributed by atoms with Gasteiger partial charge in [-0.2, -0.15) is 0 Å². The Morgan fingerprint density at radius 3 is 2.69 bits per heavy atom. The molecule has 1 rings (SSSR count). The second-order valence-corrected chi connectivity index (χ2v) is 3.24. The molecule has 0 amide bonds. The Bertz CT molecular complexity index is 300. The summed E-state index contributed by atoms with van der Waals surface area (Å²) >= 11 is 11.5. The van der Waals surface area contributed by atoms with Gasteiger partial charge in [-0.1, -0.05) is 29.3 Å². The number of ether oxygens (including phenoxy) is 1. The fourth-order valence-electron chi connectivity index (χ4n) is 0.854.